The van der Waals surface area contributed by atoms with Crippen molar-refractivity contribution in [1.29, 1.82) is 0 Å². The Bertz CT molecular complexity index is 3140. The van der Waals surface area contributed by atoms with E-state index < -0.39 is 96.6 Å². The molecule has 6 fully saturated rings. The van der Waals surface area contributed by atoms with Crippen molar-refractivity contribution in [2.24, 2.45) is 0 Å². The number of benzene rings is 8. The van der Waals surface area contributed by atoms with Crippen LogP contribution in [0.3, 0.4) is 0 Å². The smallest absolute Gasteiger partial charge is 0.411 e. The van der Waals surface area contributed by atoms with Crippen LogP contribution < -0.4 is 41.5 Å². The van der Waals surface area contributed by atoms with Gasteiger partial charge in [0, 0.05) is 54.6 Å². The van der Waals surface area contributed by atoms with E-state index in [-0.39, 0.29) is 0 Å². The van der Waals surface area contributed by atoms with Crippen LogP contribution in [0.15, 0.2) is 243 Å². The summed E-state index contributed by atoms with van der Waals surface area (Å²) in [7, 11) is -55.6. The van der Waals surface area contributed by atoms with E-state index in [4.69, 9.17) is 61.7 Å². The van der Waals surface area contributed by atoms with Crippen molar-refractivity contribution in [3.8, 4) is 0 Å². The summed E-state index contributed by atoms with van der Waals surface area (Å²) in [5.41, 5.74) is 0. The summed E-state index contributed by atoms with van der Waals surface area (Å²) >= 11 is 0. The van der Waals surface area contributed by atoms with Crippen LogP contribution in [0.4, 0.5) is 0 Å². The van der Waals surface area contributed by atoms with Crippen molar-refractivity contribution in [3.05, 3.63) is 243 Å². The lowest BCUT2D eigenvalue weighted by Crippen LogP contribution is -2.93. The molecule has 0 radical (unpaired) electrons. The van der Waals surface area contributed by atoms with E-state index >= 15 is 0 Å². The molecule has 0 aromatic heterocycles. The summed E-state index contributed by atoms with van der Waals surface area (Å²) in [4.78, 5) is 26.2. The molecule has 6 heterocycles. The zero-order valence-corrected chi connectivity index (χ0v) is 54.6. The predicted molar refractivity (Wildman–Crippen MR) is 316 cm³/mol. The SMILES string of the molecule is C[Si](C)(O)O[Si]1(C)O[Si]2(c3ccccc3)O[Si]3(c4ccccc4)O[Si]4(c5ccccc5)O[Si](C)(O)O[Si]5(c6ccccc6)O[Si](c6ccccc6)(O[Si](c6ccccc6)(O1)O[Si](c1ccccc1)(O5)O[Si](c1ccccc1)(O4)O2)O3. The Labute approximate surface area is 475 Å². The highest BCUT2D eigenvalue weighted by Gasteiger charge is 2.84. The molecule has 4 unspecified atom stereocenters. The second kappa shape index (κ2) is 20.4. The molecule has 0 amide bonds. The van der Waals surface area contributed by atoms with Gasteiger partial charge in [0.05, 0.1) is 0 Å². The Kier molecular flexibility index (Phi) is 13.9. The molecular formula is C52H54O17Si11. The lowest BCUT2D eigenvalue weighted by Gasteiger charge is -2.60. The van der Waals surface area contributed by atoms with Gasteiger partial charge in [-0.05, 0) is 13.1 Å². The molecule has 8 bridgehead atoms. The average molecular weight is 1260 g/mol. The minimum absolute atomic E-state index is 0.359. The fraction of sp³-hybridized carbons (Fsp3) is 0.0769. The molecule has 80 heavy (non-hydrogen) atoms. The maximum atomic E-state index is 13.8. The van der Waals surface area contributed by atoms with E-state index in [0.717, 1.165) is 0 Å². The number of rotatable bonds is 10. The van der Waals surface area contributed by atoms with Crippen molar-refractivity contribution in [2.45, 2.75) is 26.2 Å². The van der Waals surface area contributed by atoms with Crippen molar-refractivity contribution in [1.82, 2.24) is 0 Å². The normalized spacial score (nSPS) is 35.0. The first-order valence-corrected chi connectivity index (χ1v) is 47.0. The van der Waals surface area contributed by atoms with Gasteiger partial charge in [0.15, 0.2) is 0 Å². The van der Waals surface area contributed by atoms with Crippen molar-refractivity contribution >= 4 is 138 Å². The van der Waals surface area contributed by atoms with Crippen LogP contribution in [-0.2, 0) is 61.7 Å². The maximum absolute atomic E-state index is 13.8. The van der Waals surface area contributed by atoms with Crippen LogP contribution in [0.1, 0.15) is 0 Å². The maximum Gasteiger partial charge on any atom is 0.515 e. The van der Waals surface area contributed by atoms with Gasteiger partial charge in [0.25, 0.3) is 0 Å². The van der Waals surface area contributed by atoms with Gasteiger partial charge in [-0.15, -0.1) is 0 Å². The van der Waals surface area contributed by atoms with Crippen LogP contribution >= 0.6 is 0 Å². The molecule has 14 rings (SSSR count). The van der Waals surface area contributed by atoms with Gasteiger partial charge in [-0.25, -0.2) is 0 Å². The highest BCUT2D eigenvalue weighted by Crippen LogP contribution is 2.47. The minimum atomic E-state index is -5.31. The van der Waals surface area contributed by atoms with E-state index in [1.807, 2.05) is 218 Å². The summed E-state index contributed by atoms with van der Waals surface area (Å²) < 4.78 is 120. The fourth-order valence-corrected chi connectivity index (χ4v) is 67.3. The Morgan fingerprint density at radius 1 is 0.263 bits per heavy atom. The molecule has 0 saturated carbocycles. The lowest BCUT2D eigenvalue weighted by atomic mass is 10.4. The zero-order valence-electron chi connectivity index (χ0n) is 43.6. The first kappa shape index (κ1) is 54.7. The largest absolute Gasteiger partial charge is 0.515 e. The first-order chi connectivity index (χ1) is 38.4. The van der Waals surface area contributed by atoms with E-state index in [1.54, 1.807) is 43.9 Å². The van der Waals surface area contributed by atoms with E-state index in [9.17, 15) is 9.59 Å². The second-order valence-corrected chi connectivity index (χ2v) is 52.3. The molecule has 4 atom stereocenters. The molecular weight excluding hydrogens is 1210 g/mol. The van der Waals surface area contributed by atoms with Crippen LogP contribution in [0.25, 0.3) is 0 Å². The minimum Gasteiger partial charge on any atom is -0.411 e. The number of fused-ring (bicyclic) bond motifs is 4. The van der Waals surface area contributed by atoms with Crippen molar-refractivity contribution in [2.75, 3.05) is 0 Å². The molecule has 6 aliphatic rings. The van der Waals surface area contributed by atoms with Crippen LogP contribution in [-0.4, -0.2) is 106 Å². The van der Waals surface area contributed by atoms with Gasteiger partial charge in [0.2, 0.25) is 0 Å². The van der Waals surface area contributed by atoms with Crippen molar-refractivity contribution < 1.29 is 71.3 Å². The third-order valence-corrected chi connectivity index (χ3v) is 57.0. The molecule has 0 spiro atoms. The van der Waals surface area contributed by atoms with Crippen LogP contribution in [0.5, 0.6) is 0 Å². The Morgan fingerprint density at radius 3 is 0.575 bits per heavy atom. The molecule has 28 heteroatoms. The highest BCUT2D eigenvalue weighted by molar-refractivity contribution is 7.12. The van der Waals surface area contributed by atoms with Gasteiger partial charge < -0.3 is 71.3 Å². The summed E-state index contributed by atoms with van der Waals surface area (Å²) in [6.45, 7) is 6.40. The van der Waals surface area contributed by atoms with Gasteiger partial charge in [-0.2, -0.15) is 0 Å². The Morgan fingerprint density at radius 2 is 0.412 bits per heavy atom. The Hall–Kier alpha value is -4.53. The van der Waals surface area contributed by atoms with E-state index in [2.05, 4.69) is 0 Å². The molecule has 0 aliphatic carbocycles. The molecule has 17 nitrogen and oxygen atoms in total. The fourth-order valence-electron chi connectivity index (χ4n) is 10.3. The average Bonchev–Trinajstić information content (AvgIpc) is 3.64. The summed E-state index contributed by atoms with van der Waals surface area (Å²) in [5, 5.41) is 2.94. The van der Waals surface area contributed by atoms with E-state index in [1.165, 1.54) is 6.55 Å². The molecule has 6 aliphatic heterocycles. The van der Waals surface area contributed by atoms with Crippen molar-refractivity contribution in [3.63, 3.8) is 0 Å². The topological polar surface area (TPSA) is 179 Å². The quantitative estimate of drug-likeness (QED) is 0.191. The summed E-state index contributed by atoms with van der Waals surface area (Å²) in [5.74, 6) is 0. The second-order valence-electron chi connectivity index (χ2n) is 20.1. The van der Waals surface area contributed by atoms with Crippen LogP contribution in [0, 0.1) is 0 Å². The standard InChI is InChI=1S/C52H54O17Si11/c1-70(2,53)55-72(4)58-75(47-33-17-7-18-34-47)64-77(49-37-21-9-22-38-49)60-73(45-29-13-5-14-30-45)56-71(3,54)57-74(46-31-15-6-16-32-46)62-79(68-77,51-41-25-11-26-42-51)66-76(59-72,48-35-19-8-20-36-48)67-80(63-74,52-43-27-12-28-44-52)69-78(61-73,65-75)50-39-23-10-24-40-50/h5-44,53-54H,1-4H3. The third-order valence-electron chi connectivity index (χ3n) is 13.4. The van der Waals surface area contributed by atoms with Gasteiger partial charge >= 0.3 is 96.6 Å². The monoisotopic (exact) mass is 1260 g/mol. The van der Waals surface area contributed by atoms with Gasteiger partial charge in [0.1, 0.15) is 0 Å². The number of hydrogen-bond donors (Lipinski definition) is 2. The predicted octanol–water partition coefficient (Wildman–Crippen LogP) is 2.90. The first-order valence-electron chi connectivity index (χ1n) is 25.9. The van der Waals surface area contributed by atoms with Gasteiger partial charge in [-0.1, -0.05) is 243 Å². The zero-order chi connectivity index (χ0) is 55.0. The number of hydrogen-bond acceptors (Lipinski definition) is 17. The molecule has 6 saturated heterocycles. The van der Waals surface area contributed by atoms with E-state index in [0.29, 0.717) is 41.5 Å². The molecule has 8 aromatic rings. The summed E-state index contributed by atoms with van der Waals surface area (Å²) in [6.07, 6.45) is 0. The Balaban J connectivity index is 1.32. The summed E-state index contributed by atoms with van der Waals surface area (Å²) in [6, 6.07) is 73.3. The molecule has 8 aromatic carbocycles. The molecule has 2 N–H and O–H groups in total. The third kappa shape index (κ3) is 9.89. The highest BCUT2D eigenvalue weighted by atomic mass is 28.6. The lowest BCUT2D eigenvalue weighted by molar-refractivity contribution is 0.0131. The van der Waals surface area contributed by atoms with Gasteiger partial charge in [-0.3, -0.25) is 0 Å². The molecule has 408 valence electrons. The van der Waals surface area contributed by atoms with Crippen LogP contribution in [0.2, 0.25) is 26.2 Å².